The van der Waals surface area contributed by atoms with Crippen LogP contribution in [-0.2, 0) is 16.6 Å². The summed E-state index contributed by atoms with van der Waals surface area (Å²) in [5.74, 6) is 0.538. The van der Waals surface area contributed by atoms with Crippen LogP contribution in [0.3, 0.4) is 0 Å². The molecule has 1 saturated heterocycles. The smallest absolute Gasteiger partial charge is 0.191 e. The van der Waals surface area contributed by atoms with Crippen molar-refractivity contribution in [2.45, 2.75) is 24.7 Å². The number of aliphatic imine (C=N–C) groups is 1. The highest BCUT2D eigenvalue weighted by Crippen LogP contribution is 2.38. The number of guanidine groups is 1. The molecule has 0 radical (unpaired) electrons. The van der Waals surface area contributed by atoms with Gasteiger partial charge in [-0.3, -0.25) is 4.99 Å². The molecule has 0 bridgehead atoms. The fraction of sp³-hybridized carbons (Fsp3) is 0.409. The standard InChI is InChI=1S/C22H27ClFN3O.HI/c1-25-21(26-13-10-17-6-8-18(24)9-7-17)27-16-22(11-14-28-15-12-22)19-4-2-3-5-20(19)23;/h2-9H,10-16H2,1H3,(H2,25,26,27);1H. The predicted molar refractivity (Wildman–Crippen MR) is 128 cm³/mol. The lowest BCUT2D eigenvalue weighted by Crippen LogP contribution is -2.48. The fourth-order valence-electron chi connectivity index (χ4n) is 3.64. The van der Waals surface area contributed by atoms with E-state index >= 15 is 0 Å². The van der Waals surface area contributed by atoms with Gasteiger partial charge in [0.15, 0.2) is 5.96 Å². The minimum atomic E-state index is -0.212. The van der Waals surface area contributed by atoms with E-state index in [0.29, 0.717) is 6.54 Å². The molecular formula is C22H28ClFIN3O. The molecule has 4 nitrogen and oxygen atoms in total. The predicted octanol–water partition coefficient (Wildman–Crippen LogP) is 4.55. The molecule has 1 aliphatic heterocycles. The second-order valence-corrected chi connectivity index (χ2v) is 7.51. The average Bonchev–Trinajstić information content (AvgIpc) is 2.73. The average molecular weight is 532 g/mol. The largest absolute Gasteiger partial charge is 0.381 e. The van der Waals surface area contributed by atoms with E-state index in [9.17, 15) is 4.39 Å². The summed E-state index contributed by atoms with van der Waals surface area (Å²) in [6.07, 6.45) is 2.62. The van der Waals surface area contributed by atoms with E-state index in [4.69, 9.17) is 16.3 Å². The van der Waals surface area contributed by atoms with Crippen LogP contribution >= 0.6 is 35.6 Å². The van der Waals surface area contributed by atoms with Crippen LogP contribution < -0.4 is 10.6 Å². The van der Waals surface area contributed by atoms with E-state index in [1.807, 2.05) is 30.3 Å². The molecule has 2 aromatic carbocycles. The Hall–Kier alpha value is -1.38. The number of hydrogen-bond donors (Lipinski definition) is 2. The van der Waals surface area contributed by atoms with Crippen molar-refractivity contribution < 1.29 is 9.13 Å². The van der Waals surface area contributed by atoms with Crippen LogP contribution in [0.15, 0.2) is 53.5 Å². The Morgan fingerprint density at radius 1 is 1.10 bits per heavy atom. The number of ether oxygens (including phenoxy) is 1. The quantitative estimate of drug-likeness (QED) is 0.327. The molecular weight excluding hydrogens is 504 g/mol. The topological polar surface area (TPSA) is 45.7 Å². The van der Waals surface area contributed by atoms with Gasteiger partial charge < -0.3 is 15.4 Å². The van der Waals surface area contributed by atoms with Gasteiger partial charge in [-0.15, -0.1) is 24.0 Å². The van der Waals surface area contributed by atoms with Gasteiger partial charge in [0.05, 0.1) is 0 Å². The van der Waals surface area contributed by atoms with E-state index in [1.54, 1.807) is 7.05 Å². The molecule has 2 N–H and O–H groups in total. The van der Waals surface area contributed by atoms with Crippen molar-refractivity contribution in [2.75, 3.05) is 33.4 Å². The molecule has 0 unspecified atom stereocenters. The van der Waals surface area contributed by atoms with Crippen LogP contribution in [0.25, 0.3) is 0 Å². The normalized spacial score (nSPS) is 16.0. The molecule has 0 aromatic heterocycles. The van der Waals surface area contributed by atoms with Crippen LogP contribution in [0.5, 0.6) is 0 Å². The SMILES string of the molecule is CN=C(NCCc1ccc(F)cc1)NCC1(c2ccccc2Cl)CCOCC1.I. The molecule has 2 aromatic rings. The lowest BCUT2D eigenvalue weighted by Gasteiger charge is -2.38. The Bertz CT molecular complexity index is 795. The minimum absolute atomic E-state index is 0. The van der Waals surface area contributed by atoms with Crippen LogP contribution in [0, 0.1) is 5.82 Å². The van der Waals surface area contributed by atoms with Gasteiger partial charge in [-0.05, 0) is 48.6 Å². The second kappa shape index (κ2) is 11.7. The number of nitrogens with one attached hydrogen (secondary N) is 2. The van der Waals surface area contributed by atoms with Crippen molar-refractivity contribution in [3.05, 3.63) is 70.5 Å². The van der Waals surface area contributed by atoms with E-state index in [2.05, 4.69) is 21.7 Å². The third-order valence-electron chi connectivity index (χ3n) is 5.33. The van der Waals surface area contributed by atoms with Crippen LogP contribution in [0.4, 0.5) is 4.39 Å². The van der Waals surface area contributed by atoms with Crippen molar-refractivity contribution in [2.24, 2.45) is 4.99 Å². The van der Waals surface area contributed by atoms with Crippen LogP contribution in [0.1, 0.15) is 24.0 Å². The first kappa shape index (κ1) is 23.9. The van der Waals surface area contributed by atoms with Gasteiger partial charge in [0.1, 0.15) is 5.82 Å². The van der Waals surface area contributed by atoms with E-state index < -0.39 is 0 Å². The highest BCUT2D eigenvalue weighted by atomic mass is 127. The molecule has 1 aliphatic rings. The van der Waals surface area contributed by atoms with Crippen molar-refractivity contribution in [1.29, 1.82) is 0 Å². The molecule has 7 heteroatoms. The van der Waals surface area contributed by atoms with Crippen molar-refractivity contribution >= 4 is 41.5 Å². The molecule has 29 heavy (non-hydrogen) atoms. The van der Waals surface area contributed by atoms with E-state index in [-0.39, 0.29) is 35.2 Å². The van der Waals surface area contributed by atoms with Crippen LogP contribution in [-0.4, -0.2) is 39.3 Å². The third kappa shape index (κ3) is 6.55. The summed E-state index contributed by atoms with van der Waals surface area (Å²) in [5, 5.41) is 7.60. The lowest BCUT2D eigenvalue weighted by molar-refractivity contribution is 0.0514. The van der Waals surface area contributed by atoms with Crippen molar-refractivity contribution in [1.82, 2.24) is 10.6 Å². The van der Waals surface area contributed by atoms with Gasteiger partial charge in [-0.1, -0.05) is 41.9 Å². The molecule has 3 rings (SSSR count). The Kier molecular flexibility index (Phi) is 9.65. The van der Waals surface area contributed by atoms with Crippen molar-refractivity contribution in [3.63, 3.8) is 0 Å². The number of nitrogens with zero attached hydrogens (tertiary/aromatic N) is 1. The number of rotatable bonds is 6. The molecule has 0 amide bonds. The van der Waals surface area contributed by atoms with Gasteiger partial charge in [0.25, 0.3) is 0 Å². The van der Waals surface area contributed by atoms with E-state index in [1.165, 1.54) is 12.1 Å². The molecule has 0 spiro atoms. The van der Waals surface area contributed by atoms with Gasteiger partial charge in [-0.25, -0.2) is 4.39 Å². The molecule has 0 atom stereocenters. The van der Waals surface area contributed by atoms with Gasteiger partial charge >= 0.3 is 0 Å². The summed E-state index contributed by atoms with van der Waals surface area (Å²) in [7, 11) is 1.76. The monoisotopic (exact) mass is 531 g/mol. The van der Waals surface area contributed by atoms with Crippen LogP contribution in [0.2, 0.25) is 5.02 Å². The molecule has 0 aliphatic carbocycles. The summed E-state index contributed by atoms with van der Waals surface area (Å²) >= 11 is 6.52. The maximum Gasteiger partial charge on any atom is 0.191 e. The molecule has 158 valence electrons. The maximum absolute atomic E-state index is 13.0. The number of benzene rings is 2. The van der Waals surface area contributed by atoms with Crippen molar-refractivity contribution in [3.8, 4) is 0 Å². The Labute approximate surface area is 194 Å². The Balaban J connectivity index is 0.00000300. The summed E-state index contributed by atoms with van der Waals surface area (Å²) in [6.45, 7) is 2.90. The second-order valence-electron chi connectivity index (χ2n) is 7.10. The molecule has 0 saturated carbocycles. The van der Waals surface area contributed by atoms with E-state index in [0.717, 1.165) is 61.1 Å². The zero-order valence-corrected chi connectivity index (χ0v) is 19.7. The highest BCUT2D eigenvalue weighted by Gasteiger charge is 2.36. The minimum Gasteiger partial charge on any atom is -0.381 e. The zero-order chi connectivity index (χ0) is 19.8. The van der Waals surface area contributed by atoms with Gasteiger partial charge in [0, 0.05) is 43.8 Å². The Morgan fingerprint density at radius 3 is 2.45 bits per heavy atom. The first-order valence-electron chi connectivity index (χ1n) is 9.65. The third-order valence-corrected chi connectivity index (χ3v) is 5.66. The summed E-state index contributed by atoms with van der Waals surface area (Å²) in [5.41, 5.74) is 2.17. The fourth-order valence-corrected chi connectivity index (χ4v) is 3.98. The summed E-state index contributed by atoms with van der Waals surface area (Å²) in [6, 6.07) is 14.6. The number of halogens is 3. The highest BCUT2D eigenvalue weighted by molar-refractivity contribution is 14.0. The summed E-state index contributed by atoms with van der Waals surface area (Å²) in [4.78, 5) is 4.34. The first-order chi connectivity index (χ1) is 13.6. The van der Waals surface area contributed by atoms with Gasteiger partial charge in [-0.2, -0.15) is 0 Å². The maximum atomic E-state index is 13.0. The summed E-state index contributed by atoms with van der Waals surface area (Å²) < 4.78 is 18.6. The first-order valence-corrected chi connectivity index (χ1v) is 10.0. The number of hydrogen-bond acceptors (Lipinski definition) is 2. The Morgan fingerprint density at radius 2 is 1.79 bits per heavy atom. The molecule has 1 heterocycles. The zero-order valence-electron chi connectivity index (χ0n) is 16.6. The van der Waals surface area contributed by atoms with Gasteiger partial charge in [0.2, 0.25) is 0 Å². The molecule has 1 fully saturated rings. The lowest BCUT2D eigenvalue weighted by atomic mass is 9.74.